The molecular weight excluding hydrogens is 320 g/mol. The van der Waals surface area contributed by atoms with E-state index in [0.717, 1.165) is 17.8 Å². The number of imide groups is 1. The van der Waals surface area contributed by atoms with E-state index in [9.17, 15) is 14.4 Å². The van der Waals surface area contributed by atoms with Crippen molar-refractivity contribution in [1.29, 1.82) is 0 Å². The van der Waals surface area contributed by atoms with Crippen molar-refractivity contribution in [3.8, 4) is 0 Å². The first-order valence-corrected chi connectivity index (χ1v) is 8.71. The van der Waals surface area contributed by atoms with E-state index in [1.165, 1.54) is 0 Å². The predicted octanol–water partition coefficient (Wildman–Crippen LogP) is 0.858. The fourth-order valence-electron chi connectivity index (χ4n) is 3.32. The van der Waals surface area contributed by atoms with Crippen LogP contribution in [0.25, 0.3) is 0 Å². The van der Waals surface area contributed by atoms with E-state index in [1.54, 1.807) is 4.90 Å². The molecule has 7 nitrogen and oxygen atoms in total. The minimum absolute atomic E-state index is 0.149. The van der Waals surface area contributed by atoms with Crippen LogP contribution in [-0.4, -0.2) is 47.8 Å². The summed E-state index contributed by atoms with van der Waals surface area (Å²) in [4.78, 5) is 37.9. The summed E-state index contributed by atoms with van der Waals surface area (Å²) >= 11 is 0. The Hall–Kier alpha value is -2.41. The number of carbonyl (C=O) groups excluding carboxylic acids is 3. The number of hydrogen-bond acceptors (Lipinski definition) is 5. The maximum atomic E-state index is 12.9. The second kappa shape index (κ2) is 7.23. The minimum atomic E-state index is -0.576. The fourth-order valence-corrected chi connectivity index (χ4v) is 3.32. The van der Waals surface area contributed by atoms with Crippen LogP contribution in [-0.2, 0) is 16.1 Å². The molecule has 7 heteroatoms. The zero-order valence-electron chi connectivity index (χ0n) is 14.6. The largest absolute Gasteiger partial charge is 0.383 e. The second-order valence-electron chi connectivity index (χ2n) is 6.78. The van der Waals surface area contributed by atoms with Crippen LogP contribution in [0.1, 0.15) is 42.6 Å². The van der Waals surface area contributed by atoms with Gasteiger partial charge in [-0.2, -0.15) is 0 Å². The van der Waals surface area contributed by atoms with Gasteiger partial charge in [0.15, 0.2) is 0 Å². The molecule has 1 aromatic carbocycles. The van der Waals surface area contributed by atoms with Gasteiger partial charge in [-0.1, -0.05) is 26.0 Å². The third kappa shape index (κ3) is 3.66. The third-order valence-corrected chi connectivity index (χ3v) is 4.55. The SMILES string of the molecule is CC(C)NCCNc1cccc2c1C(=O)N(C1CCC(=O)NC1=O)C2. The molecule has 3 rings (SSSR count). The molecule has 1 atom stereocenters. The van der Waals surface area contributed by atoms with Crippen molar-refractivity contribution in [2.24, 2.45) is 0 Å². The fraction of sp³-hybridized carbons (Fsp3) is 0.500. The Kier molecular flexibility index (Phi) is 5.03. The summed E-state index contributed by atoms with van der Waals surface area (Å²) < 4.78 is 0. The normalized spacial score (nSPS) is 20.0. The Labute approximate surface area is 147 Å². The standard InChI is InChI=1S/C18H24N4O3/c1-11(2)19-8-9-20-13-5-3-4-12-10-22(18(25)16(12)13)14-6-7-15(23)21-17(14)24/h3-5,11,14,19-20H,6-10H2,1-2H3,(H,21,23,24). The van der Waals surface area contributed by atoms with E-state index >= 15 is 0 Å². The molecule has 1 unspecified atom stereocenters. The first kappa shape index (κ1) is 17.4. The summed E-state index contributed by atoms with van der Waals surface area (Å²) in [7, 11) is 0. The summed E-state index contributed by atoms with van der Waals surface area (Å²) in [6.45, 7) is 6.08. The van der Waals surface area contributed by atoms with Crippen molar-refractivity contribution in [1.82, 2.24) is 15.5 Å². The van der Waals surface area contributed by atoms with Crippen molar-refractivity contribution < 1.29 is 14.4 Å². The average Bonchev–Trinajstić information content (AvgIpc) is 2.89. The first-order chi connectivity index (χ1) is 12.0. The van der Waals surface area contributed by atoms with Crippen molar-refractivity contribution in [2.75, 3.05) is 18.4 Å². The number of amides is 3. The number of hydrogen-bond donors (Lipinski definition) is 3. The Morgan fingerprint density at radius 3 is 2.76 bits per heavy atom. The lowest BCUT2D eigenvalue weighted by Gasteiger charge is -2.29. The molecule has 0 saturated carbocycles. The Morgan fingerprint density at radius 1 is 1.24 bits per heavy atom. The van der Waals surface area contributed by atoms with E-state index in [-0.39, 0.29) is 24.1 Å². The highest BCUT2D eigenvalue weighted by Gasteiger charge is 2.39. The monoisotopic (exact) mass is 344 g/mol. The summed E-state index contributed by atoms with van der Waals surface area (Å²) in [5.74, 6) is -0.803. The van der Waals surface area contributed by atoms with Gasteiger partial charge in [0, 0.05) is 37.8 Å². The number of benzene rings is 1. The highest BCUT2D eigenvalue weighted by molar-refractivity contribution is 6.07. The highest BCUT2D eigenvalue weighted by Crippen LogP contribution is 2.32. The first-order valence-electron chi connectivity index (χ1n) is 8.71. The van der Waals surface area contributed by atoms with Gasteiger partial charge in [-0.05, 0) is 18.1 Å². The zero-order chi connectivity index (χ0) is 18.0. The molecule has 0 bridgehead atoms. The Bertz CT molecular complexity index is 702. The molecule has 0 aliphatic carbocycles. The van der Waals surface area contributed by atoms with Crippen LogP contribution < -0.4 is 16.0 Å². The van der Waals surface area contributed by atoms with E-state index in [1.807, 2.05) is 18.2 Å². The number of piperidine rings is 1. The van der Waals surface area contributed by atoms with Crippen molar-refractivity contribution >= 4 is 23.4 Å². The number of carbonyl (C=O) groups is 3. The van der Waals surface area contributed by atoms with Gasteiger partial charge >= 0.3 is 0 Å². The molecule has 1 aromatic rings. The molecule has 2 aliphatic heterocycles. The van der Waals surface area contributed by atoms with Gasteiger partial charge in [-0.25, -0.2) is 0 Å². The summed E-state index contributed by atoms with van der Waals surface area (Å²) in [5.41, 5.74) is 2.34. The lowest BCUT2D eigenvalue weighted by Crippen LogP contribution is -2.52. The average molecular weight is 344 g/mol. The van der Waals surface area contributed by atoms with Gasteiger partial charge < -0.3 is 15.5 Å². The van der Waals surface area contributed by atoms with Crippen LogP contribution in [0.15, 0.2) is 18.2 Å². The molecule has 1 saturated heterocycles. The zero-order valence-corrected chi connectivity index (χ0v) is 14.6. The van der Waals surface area contributed by atoms with Gasteiger partial charge in [-0.3, -0.25) is 19.7 Å². The molecule has 3 N–H and O–H groups in total. The summed E-state index contributed by atoms with van der Waals surface area (Å²) in [5, 5.41) is 8.96. The van der Waals surface area contributed by atoms with Crippen molar-refractivity contribution in [2.45, 2.75) is 45.3 Å². The topological polar surface area (TPSA) is 90.5 Å². The van der Waals surface area contributed by atoms with Crippen LogP contribution in [0.5, 0.6) is 0 Å². The molecule has 1 fully saturated rings. The summed E-state index contributed by atoms with van der Waals surface area (Å²) in [6, 6.07) is 5.55. The Morgan fingerprint density at radius 2 is 2.04 bits per heavy atom. The van der Waals surface area contributed by atoms with Gasteiger partial charge in [0.05, 0.1) is 5.56 Å². The minimum Gasteiger partial charge on any atom is -0.383 e. The highest BCUT2D eigenvalue weighted by atomic mass is 16.2. The lowest BCUT2D eigenvalue weighted by atomic mass is 10.0. The predicted molar refractivity (Wildman–Crippen MR) is 94.1 cm³/mol. The van der Waals surface area contributed by atoms with Crippen LogP contribution in [0.4, 0.5) is 5.69 Å². The maximum Gasteiger partial charge on any atom is 0.257 e. The van der Waals surface area contributed by atoms with Gasteiger partial charge in [0.2, 0.25) is 11.8 Å². The number of anilines is 1. The molecule has 134 valence electrons. The molecule has 0 radical (unpaired) electrons. The van der Waals surface area contributed by atoms with Crippen LogP contribution in [0.2, 0.25) is 0 Å². The molecule has 0 spiro atoms. The van der Waals surface area contributed by atoms with Crippen molar-refractivity contribution in [3.05, 3.63) is 29.3 Å². The molecule has 2 heterocycles. The molecule has 25 heavy (non-hydrogen) atoms. The summed E-state index contributed by atoms with van der Waals surface area (Å²) in [6.07, 6.45) is 0.647. The molecule has 0 aromatic heterocycles. The number of nitrogens with zero attached hydrogens (tertiary/aromatic N) is 1. The second-order valence-corrected chi connectivity index (χ2v) is 6.78. The van der Waals surface area contributed by atoms with Crippen LogP contribution in [0, 0.1) is 0 Å². The van der Waals surface area contributed by atoms with E-state index in [0.29, 0.717) is 31.1 Å². The van der Waals surface area contributed by atoms with E-state index in [2.05, 4.69) is 29.8 Å². The van der Waals surface area contributed by atoms with Crippen molar-refractivity contribution in [3.63, 3.8) is 0 Å². The molecule has 3 amide bonds. The van der Waals surface area contributed by atoms with Gasteiger partial charge in [0.1, 0.15) is 6.04 Å². The van der Waals surface area contributed by atoms with Crippen LogP contribution in [0.3, 0.4) is 0 Å². The van der Waals surface area contributed by atoms with Gasteiger partial charge in [0.25, 0.3) is 5.91 Å². The molecule has 2 aliphatic rings. The van der Waals surface area contributed by atoms with E-state index < -0.39 is 6.04 Å². The van der Waals surface area contributed by atoms with Gasteiger partial charge in [-0.15, -0.1) is 0 Å². The van der Waals surface area contributed by atoms with E-state index in [4.69, 9.17) is 0 Å². The van der Waals surface area contributed by atoms with Crippen LogP contribution >= 0.6 is 0 Å². The number of fused-ring (bicyclic) bond motifs is 1. The number of nitrogens with one attached hydrogen (secondary N) is 3. The maximum absolute atomic E-state index is 12.9. The Balaban J connectivity index is 1.72. The quantitative estimate of drug-likeness (QED) is 0.526. The smallest absolute Gasteiger partial charge is 0.257 e. The number of rotatable bonds is 6. The lowest BCUT2D eigenvalue weighted by molar-refractivity contribution is -0.136. The third-order valence-electron chi connectivity index (χ3n) is 4.55. The molecular formula is C18H24N4O3.